The number of rotatable bonds is 4. The largest absolute Gasteiger partial charge is 0.434 e. The fourth-order valence-corrected chi connectivity index (χ4v) is 3.15. The predicted octanol–water partition coefficient (Wildman–Crippen LogP) is 4.76. The van der Waals surface area contributed by atoms with E-state index in [9.17, 15) is 31.1 Å². The summed E-state index contributed by atoms with van der Waals surface area (Å²) in [5, 5.41) is 0. The summed E-state index contributed by atoms with van der Waals surface area (Å²) in [5.74, 6) is 0. The van der Waals surface area contributed by atoms with Crippen molar-refractivity contribution in [2.45, 2.75) is 44.8 Å². The molecule has 2 heterocycles. The van der Waals surface area contributed by atoms with Gasteiger partial charge in [-0.3, -0.25) is 4.90 Å². The second-order valence-corrected chi connectivity index (χ2v) is 7.04. The molecule has 0 saturated carbocycles. The van der Waals surface area contributed by atoms with Crippen LogP contribution in [-0.2, 0) is 11.3 Å². The summed E-state index contributed by atoms with van der Waals surface area (Å²) in [6.45, 7) is -13.2. The maximum absolute atomic E-state index is 13.0. The van der Waals surface area contributed by atoms with Gasteiger partial charge in [0.15, 0.2) is 0 Å². The van der Waals surface area contributed by atoms with Gasteiger partial charge >= 0.3 is 18.4 Å². The number of carbonyl (C=O) groups excluding carboxylic acids is 1. The highest BCUT2D eigenvalue weighted by Crippen LogP contribution is 2.36. The van der Waals surface area contributed by atoms with E-state index in [1.807, 2.05) is 4.90 Å². The van der Waals surface area contributed by atoms with Crippen molar-refractivity contribution in [2.24, 2.45) is 0 Å². The van der Waals surface area contributed by atoms with E-state index < -0.39 is 62.0 Å². The third-order valence-electron chi connectivity index (χ3n) is 4.61. The average Bonchev–Trinajstić information content (AvgIpc) is 3.28. The zero-order valence-electron chi connectivity index (χ0n) is 24.7. The Morgan fingerprint density at radius 1 is 1.06 bits per heavy atom. The van der Waals surface area contributed by atoms with E-state index in [1.165, 1.54) is 6.07 Å². The van der Waals surface area contributed by atoms with Gasteiger partial charge < -0.3 is 14.5 Å². The summed E-state index contributed by atoms with van der Waals surface area (Å²) in [4.78, 5) is 13.5. The molecular formula is C20H26ClF6N3O2. The van der Waals surface area contributed by atoms with Crippen LogP contribution in [0.5, 0.6) is 0 Å². The van der Waals surface area contributed by atoms with E-state index in [1.54, 1.807) is 19.1 Å². The highest BCUT2D eigenvalue weighted by molar-refractivity contribution is 5.85. The van der Waals surface area contributed by atoms with Crippen LogP contribution in [0.2, 0.25) is 0 Å². The van der Waals surface area contributed by atoms with E-state index in [4.69, 9.17) is 11.0 Å². The number of anilines is 1. The first kappa shape index (κ1) is 16.7. The summed E-state index contributed by atoms with van der Waals surface area (Å²) in [6.07, 6.45) is -18.5. The number of aryl methyl sites for hydroxylation is 1. The first-order chi connectivity index (χ1) is 17.5. The van der Waals surface area contributed by atoms with Gasteiger partial charge in [-0.2, -0.15) is 26.3 Å². The van der Waals surface area contributed by atoms with Gasteiger partial charge in [0.2, 0.25) is 0 Å². The van der Waals surface area contributed by atoms with Crippen molar-refractivity contribution in [3.63, 3.8) is 0 Å². The lowest BCUT2D eigenvalue weighted by Crippen LogP contribution is -2.52. The number of hydrogen-bond donors (Lipinski definition) is 0. The number of amides is 1. The van der Waals surface area contributed by atoms with Gasteiger partial charge in [-0.1, -0.05) is 12.1 Å². The van der Waals surface area contributed by atoms with Crippen LogP contribution in [0.1, 0.15) is 34.9 Å². The lowest BCUT2D eigenvalue weighted by atomic mass is 10.1. The molecule has 0 radical (unpaired) electrons. The number of carbonyl (C=O) groups is 1. The molecule has 182 valence electrons. The molecule has 0 N–H and O–H groups in total. The van der Waals surface area contributed by atoms with E-state index in [0.717, 1.165) is 18.4 Å². The monoisotopic (exact) mass is 497 g/mol. The van der Waals surface area contributed by atoms with Crippen molar-refractivity contribution < 1.29 is 46.8 Å². The minimum atomic E-state index is -6.23. The minimum absolute atomic E-state index is 0. The zero-order valence-corrected chi connectivity index (χ0v) is 17.5. The summed E-state index contributed by atoms with van der Waals surface area (Å²) < 4.78 is 147. The Bertz CT molecular complexity index is 1060. The quantitative estimate of drug-likeness (QED) is 0.562. The Labute approximate surface area is 199 Å². The Morgan fingerprint density at radius 3 is 2.16 bits per heavy atom. The SMILES string of the molecule is Cl.[2H]C1([2H])N(Cc2ccc(C)cc2N2CCCC2)C([2H])([2H])C([2H])([2H])N(C(=O)OC(C(F)(F)F)C(F)(F)F)C1([2H])[2H]. The van der Waals surface area contributed by atoms with E-state index in [2.05, 4.69) is 4.74 Å². The van der Waals surface area contributed by atoms with Crippen LogP contribution in [0.3, 0.4) is 0 Å². The number of hydrogen-bond acceptors (Lipinski definition) is 4. The van der Waals surface area contributed by atoms with Gasteiger partial charge in [0.25, 0.3) is 6.10 Å². The highest BCUT2D eigenvalue weighted by Gasteiger charge is 2.60. The maximum Gasteiger partial charge on any atom is 0.434 e. The molecule has 2 fully saturated rings. The van der Waals surface area contributed by atoms with Crippen LogP contribution in [0.15, 0.2) is 18.2 Å². The van der Waals surface area contributed by atoms with Gasteiger partial charge in [0, 0.05) is 56.8 Å². The number of halogens is 7. The van der Waals surface area contributed by atoms with Crippen molar-refractivity contribution in [3.8, 4) is 0 Å². The van der Waals surface area contributed by atoms with Crippen LogP contribution >= 0.6 is 12.4 Å². The number of nitrogens with zero attached hydrogens (tertiary/aromatic N) is 3. The smallest absolute Gasteiger partial charge is 0.426 e. The average molecular weight is 498 g/mol. The topological polar surface area (TPSA) is 36.0 Å². The first-order valence-electron chi connectivity index (χ1n) is 13.2. The molecular weight excluding hydrogens is 464 g/mol. The Morgan fingerprint density at radius 2 is 1.62 bits per heavy atom. The van der Waals surface area contributed by atoms with Crippen LogP contribution in [0.25, 0.3) is 0 Å². The lowest BCUT2D eigenvalue weighted by Gasteiger charge is -2.36. The van der Waals surface area contributed by atoms with Crippen molar-refractivity contribution >= 4 is 24.2 Å². The number of alkyl halides is 6. The molecule has 0 atom stereocenters. The Kier molecular flexibility index (Phi) is 5.41. The zero-order chi connectivity index (χ0) is 30.0. The van der Waals surface area contributed by atoms with Crippen molar-refractivity contribution in [1.82, 2.24) is 9.80 Å². The van der Waals surface area contributed by atoms with Crippen LogP contribution in [0, 0.1) is 6.92 Å². The molecule has 3 rings (SSSR count). The molecule has 2 aliphatic rings. The Balaban J connectivity index is 0.00000560. The normalized spacial score (nSPS) is 28.1. The van der Waals surface area contributed by atoms with E-state index in [-0.39, 0.29) is 22.9 Å². The standard InChI is InChI=1S/C20H25F6N3O2.ClH/c1-14-4-5-15(16(12-14)28-6-2-3-7-28)13-27-8-10-29(11-9-27)18(30)31-17(19(21,22)23)20(24,25)26;/h4-5,12,17H,2-3,6-11,13H2,1H3;1H/i8D2,9D2,10D2,11D2;. The molecule has 32 heavy (non-hydrogen) atoms. The minimum Gasteiger partial charge on any atom is -0.426 e. The second-order valence-electron chi connectivity index (χ2n) is 7.04. The van der Waals surface area contributed by atoms with Crippen LogP contribution in [0.4, 0.5) is 36.8 Å². The molecule has 2 saturated heterocycles. The van der Waals surface area contributed by atoms with Gasteiger partial charge in [0.05, 0.1) is 5.48 Å². The van der Waals surface area contributed by atoms with Gasteiger partial charge in [-0.05, 0) is 37.0 Å². The number of benzene rings is 1. The third kappa shape index (κ3) is 6.57. The number of piperazine rings is 1. The van der Waals surface area contributed by atoms with Crippen molar-refractivity contribution in [2.75, 3.05) is 44.0 Å². The number of ether oxygens (including phenoxy) is 1. The van der Waals surface area contributed by atoms with Gasteiger partial charge in [-0.15, -0.1) is 12.4 Å². The third-order valence-corrected chi connectivity index (χ3v) is 4.61. The molecule has 12 heteroatoms. The molecule has 0 bridgehead atoms. The van der Waals surface area contributed by atoms with Crippen molar-refractivity contribution in [1.29, 1.82) is 0 Å². The molecule has 0 aromatic heterocycles. The summed E-state index contributed by atoms with van der Waals surface area (Å²) in [6, 6.07) is 4.82. The maximum atomic E-state index is 13.0. The van der Waals surface area contributed by atoms with E-state index >= 15 is 0 Å². The van der Waals surface area contributed by atoms with Gasteiger partial charge in [0.1, 0.15) is 0 Å². The molecule has 1 amide bonds. The molecule has 0 spiro atoms. The molecule has 0 unspecified atom stereocenters. The fourth-order valence-electron chi connectivity index (χ4n) is 3.15. The van der Waals surface area contributed by atoms with Crippen LogP contribution < -0.4 is 4.90 Å². The molecule has 0 aliphatic carbocycles. The second kappa shape index (κ2) is 10.4. The molecule has 1 aromatic carbocycles. The fraction of sp³-hybridized carbons (Fsp3) is 0.650. The summed E-state index contributed by atoms with van der Waals surface area (Å²) >= 11 is 0. The highest BCUT2D eigenvalue weighted by atomic mass is 35.5. The van der Waals surface area contributed by atoms with E-state index in [0.29, 0.717) is 18.8 Å². The van der Waals surface area contributed by atoms with Crippen molar-refractivity contribution in [3.05, 3.63) is 29.3 Å². The van der Waals surface area contributed by atoms with Crippen LogP contribution in [-0.4, -0.2) is 73.4 Å². The summed E-state index contributed by atoms with van der Waals surface area (Å²) in [5.41, 5.74) is 1.58. The lowest BCUT2D eigenvalue weighted by molar-refractivity contribution is -0.308. The predicted molar refractivity (Wildman–Crippen MR) is 109 cm³/mol. The molecule has 5 nitrogen and oxygen atoms in total. The molecule has 2 aliphatic heterocycles. The van der Waals surface area contributed by atoms with Gasteiger partial charge in [-0.25, -0.2) is 4.79 Å². The summed E-state index contributed by atoms with van der Waals surface area (Å²) in [7, 11) is 0. The molecule has 1 aromatic rings. The Hall–Kier alpha value is -1.88. The first-order valence-corrected chi connectivity index (χ1v) is 9.24.